The van der Waals surface area contributed by atoms with Crippen LogP contribution in [0.25, 0.3) is 0 Å². The van der Waals surface area contributed by atoms with Gasteiger partial charge in [-0.15, -0.1) is 0 Å². The predicted octanol–water partition coefficient (Wildman–Crippen LogP) is 3.29. The van der Waals surface area contributed by atoms with Crippen LogP contribution in [0.3, 0.4) is 0 Å². The molecule has 0 aliphatic rings. The lowest BCUT2D eigenvalue weighted by Crippen LogP contribution is -2.33. The largest absolute Gasteiger partial charge is 0.349 e. The summed E-state index contributed by atoms with van der Waals surface area (Å²) < 4.78 is 0. The van der Waals surface area contributed by atoms with Gasteiger partial charge in [0.1, 0.15) is 5.15 Å². The molecule has 4 heteroatoms. The third kappa shape index (κ3) is 4.73. The van der Waals surface area contributed by atoms with Crippen molar-refractivity contribution in [3.63, 3.8) is 0 Å². The first-order valence-corrected chi connectivity index (χ1v) is 6.30. The highest BCUT2D eigenvalue weighted by Gasteiger charge is 2.13. The van der Waals surface area contributed by atoms with Gasteiger partial charge in [0.05, 0.1) is 5.56 Å². The fourth-order valence-corrected chi connectivity index (χ4v) is 1.72. The molecule has 1 rings (SSSR count). The Labute approximate surface area is 108 Å². The summed E-state index contributed by atoms with van der Waals surface area (Å²) in [6, 6.07) is 3.54. The number of amides is 1. The molecule has 17 heavy (non-hydrogen) atoms. The molecule has 0 radical (unpaired) electrons. The number of aromatic nitrogens is 1. The van der Waals surface area contributed by atoms with E-state index in [0.29, 0.717) is 11.5 Å². The van der Waals surface area contributed by atoms with E-state index in [-0.39, 0.29) is 17.1 Å². The van der Waals surface area contributed by atoms with Gasteiger partial charge in [-0.1, -0.05) is 25.4 Å². The van der Waals surface area contributed by atoms with Crippen molar-refractivity contribution < 1.29 is 4.79 Å². The molecule has 1 unspecified atom stereocenters. The molecule has 0 saturated carbocycles. The van der Waals surface area contributed by atoms with E-state index in [0.717, 1.165) is 12.8 Å². The first-order valence-electron chi connectivity index (χ1n) is 5.92. The van der Waals surface area contributed by atoms with Crippen LogP contribution >= 0.6 is 11.6 Å². The normalized spacial score (nSPS) is 12.5. The van der Waals surface area contributed by atoms with Gasteiger partial charge in [0.15, 0.2) is 0 Å². The zero-order chi connectivity index (χ0) is 12.8. The number of nitrogens with one attached hydrogen (secondary N) is 1. The first kappa shape index (κ1) is 14.0. The highest BCUT2D eigenvalue weighted by Crippen LogP contribution is 2.12. The molecule has 94 valence electrons. The molecule has 1 amide bonds. The Hall–Kier alpha value is -1.09. The Morgan fingerprint density at radius 2 is 2.12 bits per heavy atom. The molecule has 0 spiro atoms. The number of carbonyl (C=O) groups is 1. The smallest absolute Gasteiger partial charge is 0.254 e. The molecular formula is C13H19ClN2O. The molecule has 1 aromatic rings. The Kier molecular flexibility index (Phi) is 5.42. The van der Waals surface area contributed by atoms with E-state index in [1.54, 1.807) is 18.3 Å². The van der Waals surface area contributed by atoms with Gasteiger partial charge in [0.25, 0.3) is 5.91 Å². The standard InChI is InChI=1S/C13H19ClN2O/c1-9(2)6-7-10(3)16-13(17)11-5-4-8-15-12(11)14/h4-5,8-10H,6-7H2,1-3H3,(H,16,17). The number of hydrogen-bond acceptors (Lipinski definition) is 2. The number of pyridine rings is 1. The lowest BCUT2D eigenvalue weighted by Gasteiger charge is -2.15. The monoisotopic (exact) mass is 254 g/mol. The summed E-state index contributed by atoms with van der Waals surface area (Å²) in [5, 5.41) is 3.18. The fourth-order valence-electron chi connectivity index (χ4n) is 1.51. The lowest BCUT2D eigenvalue weighted by molar-refractivity contribution is 0.0937. The van der Waals surface area contributed by atoms with Crippen molar-refractivity contribution in [1.29, 1.82) is 0 Å². The van der Waals surface area contributed by atoms with Gasteiger partial charge in [-0.25, -0.2) is 4.98 Å². The molecule has 0 aromatic carbocycles. The van der Waals surface area contributed by atoms with E-state index in [9.17, 15) is 4.79 Å². The van der Waals surface area contributed by atoms with Gasteiger partial charge < -0.3 is 5.32 Å². The number of nitrogens with zero attached hydrogens (tertiary/aromatic N) is 1. The van der Waals surface area contributed by atoms with Gasteiger partial charge in [0, 0.05) is 12.2 Å². The average Bonchev–Trinajstić information content (AvgIpc) is 2.26. The van der Waals surface area contributed by atoms with Gasteiger partial charge >= 0.3 is 0 Å². The molecule has 0 bridgehead atoms. The molecule has 0 saturated heterocycles. The van der Waals surface area contributed by atoms with Crippen LogP contribution in [0.15, 0.2) is 18.3 Å². The van der Waals surface area contributed by atoms with Crippen LogP contribution in [0.2, 0.25) is 5.15 Å². The topological polar surface area (TPSA) is 42.0 Å². The molecule has 1 aromatic heterocycles. The van der Waals surface area contributed by atoms with Crippen LogP contribution in [0.4, 0.5) is 0 Å². The summed E-state index contributed by atoms with van der Waals surface area (Å²) in [6.07, 6.45) is 3.64. The second-order valence-corrected chi connectivity index (χ2v) is 5.05. The van der Waals surface area contributed by atoms with E-state index in [1.165, 1.54) is 0 Å². The van der Waals surface area contributed by atoms with Crippen LogP contribution in [0, 0.1) is 5.92 Å². The molecule has 1 atom stereocenters. The maximum Gasteiger partial charge on any atom is 0.254 e. The van der Waals surface area contributed by atoms with Crippen LogP contribution in [-0.2, 0) is 0 Å². The lowest BCUT2D eigenvalue weighted by atomic mass is 10.0. The van der Waals surface area contributed by atoms with Crippen LogP contribution < -0.4 is 5.32 Å². The molecule has 0 aliphatic heterocycles. The Balaban J connectivity index is 2.52. The molecule has 0 aliphatic carbocycles. The summed E-state index contributed by atoms with van der Waals surface area (Å²) in [4.78, 5) is 15.8. The summed E-state index contributed by atoms with van der Waals surface area (Å²) in [6.45, 7) is 6.35. The van der Waals surface area contributed by atoms with Gasteiger partial charge in [0.2, 0.25) is 0 Å². The highest BCUT2D eigenvalue weighted by atomic mass is 35.5. The van der Waals surface area contributed by atoms with Crippen molar-refractivity contribution in [2.24, 2.45) is 5.92 Å². The quantitative estimate of drug-likeness (QED) is 0.820. The van der Waals surface area contributed by atoms with Crippen molar-refractivity contribution in [2.45, 2.75) is 39.7 Å². The number of rotatable bonds is 5. The molecule has 1 heterocycles. The third-order valence-corrected chi connectivity index (χ3v) is 2.86. The summed E-state index contributed by atoms with van der Waals surface area (Å²) in [7, 11) is 0. The summed E-state index contributed by atoms with van der Waals surface area (Å²) in [5.74, 6) is 0.496. The number of hydrogen-bond donors (Lipinski definition) is 1. The average molecular weight is 255 g/mol. The minimum Gasteiger partial charge on any atom is -0.349 e. The molecule has 0 fully saturated rings. The minimum absolute atomic E-state index is 0.153. The van der Waals surface area contributed by atoms with Crippen molar-refractivity contribution in [3.05, 3.63) is 29.0 Å². The van der Waals surface area contributed by atoms with Crippen molar-refractivity contribution in [1.82, 2.24) is 10.3 Å². The second kappa shape index (κ2) is 6.60. The highest BCUT2D eigenvalue weighted by molar-refractivity contribution is 6.32. The fraction of sp³-hybridized carbons (Fsp3) is 0.538. The van der Waals surface area contributed by atoms with E-state index in [1.807, 2.05) is 6.92 Å². The predicted molar refractivity (Wildman–Crippen MR) is 70.2 cm³/mol. The van der Waals surface area contributed by atoms with Crippen LogP contribution in [0.1, 0.15) is 44.0 Å². The molecule has 3 nitrogen and oxygen atoms in total. The van der Waals surface area contributed by atoms with Crippen molar-refractivity contribution >= 4 is 17.5 Å². The maximum atomic E-state index is 11.9. The third-order valence-electron chi connectivity index (χ3n) is 2.56. The van der Waals surface area contributed by atoms with Crippen molar-refractivity contribution in [3.8, 4) is 0 Å². The van der Waals surface area contributed by atoms with Crippen LogP contribution in [-0.4, -0.2) is 16.9 Å². The zero-order valence-corrected chi connectivity index (χ0v) is 11.3. The Morgan fingerprint density at radius 1 is 1.41 bits per heavy atom. The minimum atomic E-state index is -0.153. The van der Waals surface area contributed by atoms with E-state index in [4.69, 9.17) is 11.6 Å². The van der Waals surface area contributed by atoms with Gasteiger partial charge in [-0.2, -0.15) is 0 Å². The van der Waals surface area contributed by atoms with Crippen molar-refractivity contribution in [2.75, 3.05) is 0 Å². The summed E-state index contributed by atoms with van der Waals surface area (Å²) in [5.41, 5.74) is 0.436. The van der Waals surface area contributed by atoms with Crippen LogP contribution in [0.5, 0.6) is 0 Å². The van der Waals surface area contributed by atoms with E-state index < -0.39 is 0 Å². The summed E-state index contributed by atoms with van der Waals surface area (Å²) >= 11 is 5.86. The SMILES string of the molecule is CC(C)CCC(C)NC(=O)c1cccnc1Cl. The number of halogens is 1. The van der Waals surface area contributed by atoms with Gasteiger partial charge in [-0.05, 0) is 37.8 Å². The Bertz CT molecular complexity index is 379. The number of carbonyl (C=O) groups excluding carboxylic acids is 1. The van der Waals surface area contributed by atoms with E-state index in [2.05, 4.69) is 24.1 Å². The Morgan fingerprint density at radius 3 is 2.71 bits per heavy atom. The molecular weight excluding hydrogens is 236 g/mol. The maximum absolute atomic E-state index is 11.9. The first-order chi connectivity index (χ1) is 8.00. The van der Waals surface area contributed by atoms with E-state index >= 15 is 0 Å². The zero-order valence-electron chi connectivity index (χ0n) is 10.5. The van der Waals surface area contributed by atoms with Gasteiger partial charge in [-0.3, -0.25) is 4.79 Å². The molecule has 1 N–H and O–H groups in total. The second-order valence-electron chi connectivity index (χ2n) is 4.69.